The van der Waals surface area contributed by atoms with Crippen molar-refractivity contribution in [2.45, 2.75) is 19.6 Å². The van der Waals surface area contributed by atoms with Crippen molar-refractivity contribution in [1.29, 1.82) is 0 Å². The number of carbonyl (C=O) groups is 1. The second-order valence-corrected chi connectivity index (χ2v) is 3.13. The average Bonchev–Trinajstić information content (AvgIpc) is 2.59. The lowest BCUT2D eigenvalue weighted by Gasteiger charge is -2.12. The summed E-state index contributed by atoms with van der Waals surface area (Å²) in [5.74, 6) is 0.0728. The highest BCUT2D eigenvalue weighted by Gasteiger charge is 2.16. The molecule has 1 aromatic rings. The van der Waals surface area contributed by atoms with Gasteiger partial charge in [0, 0.05) is 0 Å². The standard InChI is InChI=1S/C9H14N2O4/c1-6-10-3-8(9(14)15-2)11(6)4-7(13)5-12/h3,7,12-13H,4-5H2,1-2H3. The summed E-state index contributed by atoms with van der Waals surface area (Å²) in [4.78, 5) is 15.2. The van der Waals surface area contributed by atoms with Crippen LogP contribution >= 0.6 is 0 Å². The molecule has 6 nitrogen and oxygen atoms in total. The first-order valence-corrected chi connectivity index (χ1v) is 4.49. The fourth-order valence-corrected chi connectivity index (χ4v) is 1.23. The van der Waals surface area contributed by atoms with Gasteiger partial charge in [-0.1, -0.05) is 0 Å². The Labute approximate surface area is 87.1 Å². The maximum Gasteiger partial charge on any atom is 0.356 e. The molecule has 0 saturated heterocycles. The lowest BCUT2D eigenvalue weighted by atomic mass is 10.3. The Kier molecular flexibility index (Phi) is 3.81. The van der Waals surface area contributed by atoms with E-state index in [1.54, 1.807) is 6.92 Å². The van der Waals surface area contributed by atoms with Crippen molar-refractivity contribution < 1.29 is 19.7 Å². The molecular weight excluding hydrogens is 200 g/mol. The Balaban J connectivity index is 2.94. The Morgan fingerprint density at radius 1 is 1.73 bits per heavy atom. The minimum absolute atomic E-state index is 0.118. The monoisotopic (exact) mass is 214 g/mol. The van der Waals surface area contributed by atoms with Gasteiger partial charge in [-0.05, 0) is 6.92 Å². The molecule has 1 atom stereocenters. The van der Waals surface area contributed by atoms with E-state index in [0.717, 1.165) is 0 Å². The van der Waals surface area contributed by atoms with E-state index in [1.807, 2.05) is 0 Å². The molecule has 0 bridgehead atoms. The second-order valence-electron chi connectivity index (χ2n) is 3.13. The predicted octanol–water partition coefficient (Wildman–Crippen LogP) is -0.669. The van der Waals surface area contributed by atoms with Gasteiger partial charge in [-0.2, -0.15) is 0 Å². The Bertz CT molecular complexity index is 348. The molecule has 0 aliphatic rings. The van der Waals surface area contributed by atoms with Gasteiger partial charge in [0.15, 0.2) is 0 Å². The van der Waals surface area contributed by atoms with Gasteiger partial charge in [0.2, 0.25) is 0 Å². The molecule has 0 aromatic carbocycles. The van der Waals surface area contributed by atoms with Crippen LogP contribution in [0, 0.1) is 6.92 Å². The van der Waals surface area contributed by atoms with Gasteiger partial charge in [-0.3, -0.25) is 0 Å². The van der Waals surface area contributed by atoms with Gasteiger partial charge in [-0.15, -0.1) is 0 Å². The van der Waals surface area contributed by atoms with Crippen LogP contribution in [0.15, 0.2) is 6.20 Å². The van der Waals surface area contributed by atoms with Crippen molar-refractivity contribution >= 4 is 5.97 Å². The number of rotatable bonds is 4. The minimum Gasteiger partial charge on any atom is -0.464 e. The van der Waals surface area contributed by atoms with Crippen LogP contribution < -0.4 is 0 Å². The van der Waals surface area contributed by atoms with Gasteiger partial charge in [0.25, 0.3) is 0 Å². The highest BCUT2D eigenvalue weighted by atomic mass is 16.5. The van der Waals surface area contributed by atoms with Crippen molar-refractivity contribution in [3.05, 3.63) is 17.7 Å². The Morgan fingerprint density at radius 2 is 2.40 bits per heavy atom. The van der Waals surface area contributed by atoms with Crippen molar-refractivity contribution in [3.8, 4) is 0 Å². The first-order chi connectivity index (χ1) is 7.10. The first-order valence-electron chi connectivity index (χ1n) is 4.49. The summed E-state index contributed by atoms with van der Waals surface area (Å²) in [6.07, 6.45) is 0.465. The highest BCUT2D eigenvalue weighted by Crippen LogP contribution is 2.07. The number of hydrogen-bond donors (Lipinski definition) is 2. The van der Waals surface area contributed by atoms with Gasteiger partial charge in [0.1, 0.15) is 11.5 Å². The molecule has 0 aliphatic heterocycles. The number of esters is 1. The third-order valence-corrected chi connectivity index (χ3v) is 2.05. The van der Waals surface area contributed by atoms with E-state index in [1.165, 1.54) is 17.9 Å². The number of carbonyl (C=O) groups excluding carboxylic acids is 1. The smallest absolute Gasteiger partial charge is 0.356 e. The van der Waals surface area contributed by atoms with Crippen molar-refractivity contribution in [2.24, 2.45) is 0 Å². The Morgan fingerprint density at radius 3 is 2.93 bits per heavy atom. The lowest BCUT2D eigenvalue weighted by Crippen LogP contribution is -2.23. The maximum absolute atomic E-state index is 11.3. The van der Waals surface area contributed by atoms with Gasteiger partial charge in [0.05, 0.1) is 32.6 Å². The van der Waals surface area contributed by atoms with Crippen molar-refractivity contribution in [2.75, 3.05) is 13.7 Å². The van der Waals surface area contributed by atoms with Crippen LogP contribution in [0.4, 0.5) is 0 Å². The molecule has 0 aliphatic carbocycles. The molecule has 0 spiro atoms. The zero-order valence-corrected chi connectivity index (χ0v) is 8.67. The van der Waals surface area contributed by atoms with Crippen molar-refractivity contribution in [3.63, 3.8) is 0 Å². The number of imidazole rings is 1. The number of methoxy groups -OCH3 is 1. The van der Waals surface area contributed by atoms with Gasteiger partial charge in [-0.25, -0.2) is 9.78 Å². The number of hydrogen-bond acceptors (Lipinski definition) is 5. The van der Waals surface area contributed by atoms with E-state index < -0.39 is 12.1 Å². The number of aliphatic hydroxyl groups excluding tert-OH is 2. The predicted molar refractivity (Wildman–Crippen MR) is 51.4 cm³/mol. The minimum atomic E-state index is -0.915. The first kappa shape index (κ1) is 11.7. The summed E-state index contributed by atoms with van der Waals surface area (Å²) < 4.78 is 6.07. The molecule has 1 aromatic heterocycles. The summed E-state index contributed by atoms with van der Waals surface area (Å²) in [6, 6.07) is 0. The molecule has 0 amide bonds. The normalized spacial score (nSPS) is 12.5. The van der Waals surface area contributed by atoms with Crippen LogP contribution in [0.5, 0.6) is 0 Å². The fraction of sp³-hybridized carbons (Fsp3) is 0.556. The molecule has 2 N–H and O–H groups in total. The van der Waals surface area contributed by atoms with Gasteiger partial charge >= 0.3 is 5.97 Å². The fourth-order valence-electron chi connectivity index (χ4n) is 1.23. The molecule has 0 saturated carbocycles. The van der Waals surface area contributed by atoms with Crippen LogP contribution in [0.3, 0.4) is 0 Å². The van der Waals surface area contributed by atoms with Crippen LogP contribution in [0.2, 0.25) is 0 Å². The zero-order valence-electron chi connectivity index (χ0n) is 8.67. The SMILES string of the molecule is COC(=O)c1cnc(C)n1CC(O)CO. The summed E-state index contributed by atoms with van der Waals surface area (Å²) in [5.41, 5.74) is 0.266. The zero-order chi connectivity index (χ0) is 11.4. The summed E-state index contributed by atoms with van der Waals surface area (Å²) in [7, 11) is 1.28. The number of aryl methyl sites for hydroxylation is 1. The van der Waals surface area contributed by atoms with E-state index in [9.17, 15) is 9.90 Å². The van der Waals surface area contributed by atoms with Crippen LogP contribution in [-0.4, -0.2) is 45.6 Å². The van der Waals surface area contributed by atoms with Crippen molar-refractivity contribution in [1.82, 2.24) is 9.55 Å². The summed E-state index contributed by atoms with van der Waals surface area (Å²) in [5, 5.41) is 18.0. The molecule has 1 heterocycles. The molecule has 1 unspecified atom stereocenters. The molecule has 6 heteroatoms. The molecule has 0 radical (unpaired) electrons. The van der Waals surface area contributed by atoms with E-state index in [0.29, 0.717) is 5.82 Å². The third-order valence-electron chi connectivity index (χ3n) is 2.05. The second kappa shape index (κ2) is 4.90. The third kappa shape index (κ3) is 2.54. The highest BCUT2D eigenvalue weighted by molar-refractivity contribution is 5.87. The number of aliphatic hydroxyl groups is 2. The number of ether oxygens (including phenoxy) is 1. The molecule has 15 heavy (non-hydrogen) atoms. The number of nitrogens with zero attached hydrogens (tertiary/aromatic N) is 2. The van der Waals surface area contributed by atoms with Crippen LogP contribution in [0.1, 0.15) is 16.3 Å². The molecule has 84 valence electrons. The maximum atomic E-state index is 11.3. The number of aromatic nitrogens is 2. The lowest BCUT2D eigenvalue weighted by molar-refractivity contribution is 0.0567. The van der Waals surface area contributed by atoms with E-state index >= 15 is 0 Å². The van der Waals surface area contributed by atoms with E-state index in [2.05, 4.69) is 9.72 Å². The Hall–Kier alpha value is -1.40. The summed E-state index contributed by atoms with van der Waals surface area (Å²) >= 11 is 0. The van der Waals surface area contributed by atoms with Crippen LogP contribution in [0.25, 0.3) is 0 Å². The topological polar surface area (TPSA) is 84.6 Å². The van der Waals surface area contributed by atoms with E-state index in [4.69, 9.17) is 5.11 Å². The van der Waals surface area contributed by atoms with E-state index in [-0.39, 0.29) is 18.8 Å². The molecule has 0 fully saturated rings. The largest absolute Gasteiger partial charge is 0.464 e. The molecule has 1 rings (SSSR count). The summed E-state index contributed by atoms with van der Waals surface area (Å²) in [6.45, 7) is 1.46. The van der Waals surface area contributed by atoms with Gasteiger partial charge < -0.3 is 19.5 Å². The average molecular weight is 214 g/mol. The van der Waals surface area contributed by atoms with Crippen LogP contribution in [-0.2, 0) is 11.3 Å². The molecular formula is C9H14N2O4. The quantitative estimate of drug-likeness (QED) is 0.649.